The summed E-state index contributed by atoms with van der Waals surface area (Å²) in [5.41, 5.74) is -0.143. The number of rotatable bonds is 2. The summed E-state index contributed by atoms with van der Waals surface area (Å²) in [5, 5.41) is 12.9. The van der Waals surface area contributed by atoms with E-state index in [9.17, 15) is 14.4 Å². The number of hydrogen-bond acceptors (Lipinski definition) is 4. The van der Waals surface area contributed by atoms with Gasteiger partial charge in [-0.3, -0.25) is 14.4 Å². The average molecular weight is 265 g/mol. The highest BCUT2D eigenvalue weighted by Crippen LogP contribution is 2.24. The Morgan fingerprint density at radius 3 is 2.58 bits per heavy atom. The molecule has 1 aliphatic heterocycles. The summed E-state index contributed by atoms with van der Waals surface area (Å²) in [4.78, 5) is 35.9. The molecule has 2 unspecified atom stereocenters. The zero-order valence-electron chi connectivity index (χ0n) is 10.7. The zero-order chi connectivity index (χ0) is 14.2. The van der Waals surface area contributed by atoms with Crippen LogP contribution in [0.15, 0.2) is 16.9 Å². The largest absolute Gasteiger partial charge is 0.481 e. The van der Waals surface area contributed by atoms with Crippen molar-refractivity contribution in [1.82, 2.24) is 14.7 Å². The van der Waals surface area contributed by atoms with Crippen LogP contribution < -0.4 is 5.56 Å². The molecule has 1 N–H and O–H groups in total. The van der Waals surface area contributed by atoms with Crippen LogP contribution >= 0.6 is 0 Å². The van der Waals surface area contributed by atoms with E-state index in [1.807, 2.05) is 0 Å². The molecule has 1 aromatic rings. The van der Waals surface area contributed by atoms with Crippen LogP contribution in [-0.4, -0.2) is 44.8 Å². The maximum absolute atomic E-state index is 12.2. The number of carbonyl (C=O) groups excluding carboxylic acids is 1. The van der Waals surface area contributed by atoms with Crippen LogP contribution in [0.5, 0.6) is 0 Å². The number of amides is 1. The summed E-state index contributed by atoms with van der Waals surface area (Å²) in [7, 11) is 1.46. The van der Waals surface area contributed by atoms with E-state index in [0.29, 0.717) is 6.54 Å². The van der Waals surface area contributed by atoms with Gasteiger partial charge in [0.15, 0.2) is 0 Å². The number of hydrogen-bond donors (Lipinski definition) is 1. The minimum absolute atomic E-state index is 0.0889. The molecule has 0 saturated carbocycles. The highest BCUT2D eigenvalue weighted by Gasteiger charge is 2.37. The summed E-state index contributed by atoms with van der Waals surface area (Å²) >= 11 is 0. The lowest BCUT2D eigenvalue weighted by atomic mass is 9.99. The van der Waals surface area contributed by atoms with E-state index in [1.165, 1.54) is 24.1 Å². The molecule has 1 aliphatic rings. The zero-order valence-corrected chi connectivity index (χ0v) is 10.7. The Hall–Kier alpha value is -2.18. The normalized spacial score (nSPS) is 22.5. The third kappa shape index (κ3) is 2.49. The SMILES string of the molecule is CC1CN(C(=O)c2ccc(=O)n(C)n2)CC1C(=O)O. The van der Waals surface area contributed by atoms with Crippen LogP contribution in [0.3, 0.4) is 0 Å². The van der Waals surface area contributed by atoms with Crippen molar-refractivity contribution in [3.8, 4) is 0 Å². The monoisotopic (exact) mass is 265 g/mol. The van der Waals surface area contributed by atoms with Gasteiger partial charge >= 0.3 is 5.97 Å². The maximum atomic E-state index is 12.2. The second-order valence-electron chi connectivity index (χ2n) is 4.81. The molecule has 7 heteroatoms. The number of aliphatic carboxylic acids is 1. The van der Waals surface area contributed by atoms with Gasteiger partial charge in [-0.25, -0.2) is 4.68 Å². The number of likely N-dealkylation sites (tertiary alicyclic amines) is 1. The van der Waals surface area contributed by atoms with Gasteiger partial charge in [0, 0.05) is 26.2 Å². The third-order valence-electron chi connectivity index (χ3n) is 3.40. The highest BCUT2D eigenvalue weighted by atomic mass is 16.4. The maximum Gasteiger partial charge on any atom is 0.308 e. The van der Waals surface area contributed by atoms with Gasteiger partial charge in [-0.05, 0) is 12.0 Å². The third-order valence-corrected chi connectivity index (χ3v) is 3.40. The lowest BCUT2D eigenvalue weighted by Crippen LogP contribution is -2.32. The van der Waals surface area contributed by atoms with Crippen LogP contribution in [0, 0.1) is 11.8 Å². The van der Waals surface area contributed by atoms with Crippen molar-refractivity contribution in [3.05, 3.63) is 28.2 Å². The Balaban J connectivity index is 2.19. The molecule has 0 bridgehead atoms. The van der Waals surface area contributed by atoms with Crippen molar-refractivity contribution in [1.29, 1.82) is 0 Å². The summed E-state index contributed by atoms with van der Waals surface area (Å²) in [6.07, 6.45) is 0. The van der Waals surface area contributed by atoms with Gasteiger partial charge in [0.1, 0.15) is 5.69 Å². The molecule has 19 heavy (non-hydrogen) atoms. The minimum atomic E-state index is -0.892. The summed E-state index contributed by atoms with van der Waals surface area (Å²) < 4.78 is 1.08. The Labute approximate surface area is 109 Å². The number of carboxylic acids is 1. The fourth-order valence-electron chi connectivity index (χ4n) is 2.23. The number of aryl methyl sites for hydroxylation is 1. The van der Waals surface area contributed by atoms with Gasteiger partial charge in [-0.15, -0.1) is 0 Å². The Kier molecular flexibility index (Phi) is 3.37. The van der Waals surface area contributed by atoms with E-state index in [1.54, 1.807) is 6.92 Å². The molecule has 2 heterocycles. The summed E-state index contributed by atoms with van der Waals surface area (Å²) in [6.45, 7) is 2.38. The van der Waals surface area contributed by atoms with E-state index in [4.69, 9.17) is 5.11 Å². The molecule has 2 atom stereocenters. The first kappa shape index (κ1) is 13.3. The number of aromatic nitrogens is 2. The molecule has 1 fully saturated rings. The first-order valence-electron chi connectivity index (χ1n) is 5.96. The summed E-state index contributed by atoms with van der Waals surface area (Å²) in [5.74, 6) is -1.87. The molecule has 102 valence electrons. The highest BCUT2D eigenvalue weighted by molar-refractivity contribution is 5.92. The number of carboxylic acid groups (broad SMARTS) is 1. The molecule has 2 rings (SSSR count). The Morgan fingerprint density at radius 2 is 2.05 bits per heavy atom. The standard InChI is InChI=1S/C12H15N3O4/c1-7-5-15(6-8(7)12(18)19)11(17)9-3-4-10(16)14(2)13-9/h3-4,7-8H,5-6H2,1-2H3,(H,18,19). The van der Waals surface area contributed by atoms with E-state index in [0.717, 1.165) is 4.68 Å². The molecule has 1 saturated heterocycles. The molecule has 7 nitrogen and oxygen atoms in total. The van der Waals surface area contributed by atoms with Gasteiger partial charge in [0.2, 0.25) is 0 Å². The van der Waals surface area contributed by atoms with Gasteiger partial charge < -0.3 is 10.0 Å². The predicted molar refractivity (Wildman–Crippen MR) is 65.7 cm³/mol. The average Bonchev–Trinajstić information content (AvgIpc) is 2.74. The second-order valence-corrected chi connectivity index (χ2v) is 4.81. The fourth-order valence-corrected chi connectivity index (χ4v) is 2.23. The van der Waals surface area contributed by atoms with Crippen LogP contribution in [-0.2, 0) is 11.8 Å². The van der Waals surface area contributed by atoms with Crippen molar-refractivity contribution in [2.75, 3.05) is 13.1 Å². The van der Waals surface area contributed by atoms with Crippen LogP contribution in [0.1, 0.15) is 17.4 Å². The predicted octanol–water partition coefficient (Wildman–Crippen LogP) is -0.427. The van der Waals surface area contributed by atoms with Gasteiger partial charge in [0.05, 0.1) is 5.92 Å². The van der Waals surface area contributed by atoms with Crippen molar-refractivity contribution in [2.45, 2.75) is 6.92 Å². The van der Waals surface area contributed by atoms with E-state index in [-0.39, 0.29) is 29.6 Å². The summed E-state index contributed by atoms with van der Waals surface area (Å²) in [6, 6.07) is 2.64. The Morgan fingerprint density at radius 1 is 1.37 bits per heavy atom. The molecule has 0 aromatic carbocycles. The molecule has 0 aliphatic carbocycles. The number of carbonyl (C=O) groups is 2. The quantitative estimate of drug-likeness (QED) is 0.783. The minimum Gasteiger partial charge on any atom is -0.481 e. The van der Waals surface area contributed by atoms with Gasteiger partial charge in [0.25, 0.3) is 11.5 Å². The molecule has 1 amide bonds. The van der Waals surface area contributed by atoms with Crippen LogP contribution in [0.2, 0.25) is 0 Å². The van der Waals surface area contributed by atoms with E-state index >= 15 is 0 Å². The molecule has 0 radical (unpaired) electrons. The lowest BCUT2D eigenvalue weighted by molar-refractivity contribution is -0.142. The van der Waals surface area contributed by atoms with Crippen LogP contribution in [0.4, 0.5) is 0 Å². The van der Waals surface area contributed by atoms with Crippen molar-refractivity contribution >= 4 is 11.9 Å². The van der Waals surface area contributed by atoms with Crippen molar-refractivity contribution in [2.24, 2.45) is 18.9 Å². The first-order valence-corrected chi connectivity index (χ1v) is 5.96. The molecule has 1 aromatic heterocycles. The van der Waals surface area contributed by atoms with Crippen molar-refractivity contribution < 1.29 is 14.7 Å². The fraction of sp³-hybridized carbons (Fsp3) is 0.500. The molecular weight excluding hydrogens is 250 g/mol. The topological polar surface area (TPSA) is 92.5 Å². The van der Waals surface area contributed by atoms with E-state index < -0.39 is 11.9 Å². The van der Waals surface area contributed by atoms with E-state index in [2.05, 4.69) is 5.10 Å². The van der Waals surface area contributed by atoms with Gasteiger partial charge in [-0.1, -0.05) is 6.92 Å². The van der Waals surface area contributed by atoms with Gasteiger partial charge in [-0.2, -0.15) is 5.10 Å². The lowest BCUT2D eigenvalue weighted by Gasteiger charge is -2.15. The van der Waals surface area contributed by atoms with Crippen molar-refractivity contribution in [3.63, 3.8) is 0 Å². The first-order chi connectivity index (χ1) is 8.90. The smallest absolute Gasteiger partial charge is 0.308 e. The van der Waals surface area contributed by atoms with Crippen LogP contribution in [0.25, 0.3) is 0 Å². The second kappa shape index (κ2) is 4.83. The molecule has 0 spiro atoms. The molecular formula is C12H15N3O4. The number of nitrogens with zero attached hydrogens (tertiary/aromatic N) is 3. The Bertz CT molecular complexity index is 581.